The van der Waals surface area contributed by atoms with E-state index in [9.17, 15) is 4.79 Å². The molecule has 0 N–H and O–H groups in total. The molecule has 136 valence electrons. The van der Waals surface area contributed by atoms with Crippen LogP contribution in [0.4, 0.5) is 5.69 Å². The number of carbonyl (C=O) groups is 1. The van der Waals surface area contributed by atoms with E-state index in [0.717, 1.165) is 43.4 Å². The molecule has 0 amide bonds. The summed E-state index contributed by atoms with van der Waals surface area (Å²) >= 11 is 5.94. The Morgan fingerprint density at radius 1 is 1.12 bits per heavy atom. The number of anilines is 1. The average Bonchev–Trinajstić information content (AvgIpc) is 2.68. The van der Waals surface area contributed by atoms with Crippen LogP contribution in [0.1, 0.15) is 5.69 Å². The molecule has 0 radical (unpaired) electrons. The third-order valence-corrected chi connectivity index (χ3v) is 4.55. The van der Waals surface area contributed by atoms with Gasteiger partial charge in [0, 0.05) is 55.7 Å². The summed E-state index contributed by atoms with van der Waals surface area (Å²) in [5, 5.41) is 0.756. The number of hydrogen-bond donors (Lipinski definition) is 0. The van der Waals surface area contributed by atoms with Gasteiger partial charge in [0.25, 0.3) is 0 Å². The zero-order valence-corrected chi connectivity index (χ0v) is 15.3. The minimum atomic E-state index is -0.338. The van der Waals surface area contributed by atoms with Gasteiger partial charge in [-0.1, -0.05) is 17.7 Å². The van der Waals surface area contributed by atoms with Gasteiger partial charge in [-0.15, -0.1) is 0 Å². The number of piperazine rings is 1. The highest BCUT2D eigenvalue weighted by Gasteiger charge is 2.17. The second-order valence-corrected chi connectivity index (χ2v) is 6.50. The summed E-state index contributed by atoms with van der Waals surface area (Å²) in [6, 6.07) is 13.5. The standard InChI is InChI=1S/C20H22ClN3O2/c21-17-4-7-19(8-5-17)24-13-11-23(12-14-24)15-16-26-20(25)9-6-18-3-1-2-10-22-18/h1-10H,11-16H2. The van der Waals surface area contributed by atoms with Crippen molar-refractivity contribution < 1.29 is 9.53 Å². The fraction of sp³-hybridized carbons (Fsp3) is 0.300. The van der Waals surface area contributed by atoms with Gasteiger partial charge in [-0.05, 0) is 42.5 Å². The van der Waals surface area contributed by atoms with E-state index in [1.54, 1.807) is 12.3 Å². The number of esters is 1. The van der Waals surface area contributed by atoms with Crippen molar-refractivity contribution in [1.29, 1.82) is 0 Å². The second kappa shape index (κ2) is 9.36. The number of aromatic nitrogens is 1. The topological polar surface area (TPSA) is 45.7 Å². The highest BCUT2D eigenvalue weighted by Crippen LogP contribution is 2.19. The summed E-state index contributed by atoms with van der Waals surface area (Å²) in [7, 11) is 0. The first-order chi connectivity index (χ1) is 12.7. The summed E-state index contributed by atoms with van der Waals surface area (Å²) in [6.07, 6.45) is 4.77. The predicted molar refractivity (Wildman–Crippen MR) is 104 cm³/mol. The number of benzene rings is 1. The molecule has 2 heterocycles. The van der Waals surface area contributed by atoms with Gasteiger partial charge in [-0.25, -0.2) is 4.79 Å². The molecule has 0 atom stereocenters. The minimum Gasteiger partial charge on any atom is -0.461 e. The summed E-state index contributed by atoms with van der Waals surface area (Å²) in [5.74, 6) is -0.338. The molecule has 1 aromatic heterocycles. The normalized spacial score (nSPS) is 15.3. The largest absolute Gasteiger partial charge is 0.461 e. The van der Waals surface area contributed by atoms with Gasteiger partial charge in [0.1, 0.15) is 6.61 Å². The van der Waals surface area contributed by atoms with E-state index in [0.29, 0.717) is 6.61 Å². The summed E-state index contributed by atoms with van der Waals surface area (Å²) in [6.45, 7) is 4.95. The molecular formula is C20H22ClN3O2. The highest BCUT2D eigenvalue weighted by molar-refractivity contribution is 6.30. The number of nitrogens with zero attached hydrogens (tertiary/aromatic N) is 3. The number of rotatable bonds is 6. The lowest BCUT2D eigenvalue weighted by Gasteiger charge is -2.35. The average molecular weight is 372 g/mol. The first kappa shape index (κ1) is 18.4. The number of hydrogen-bond acceptors (Lipinski definition) is 5. The van der Waals surface area contributed by atoms with Crippen LogP contribution in [0.2, 0.25) is 5.02 Å². The zero-order valence-electron chi connectivity index (χ0n) is 14.6. The Kier molecular flexibility index (Phi) is 6.63. The molecule has 1 aliphatic heterocycles. The Balaban J connectivity index is 1.35. The van der Waals surface area contributed by atoms with E-state index in [-0.39, 0.29) is 5.97 Å². The van der Waals surface area contributed by atoms with Crippen molar-refractivity contribution >= 4 is 29.3 Å². The van der Waals surface area contributed by atoms with E-state index in [1.807, 2.05) is 42.5 Å². The van der Waals surface area contributed by atoms with E-state index >= 15 is 0 Å². The summed E-state index contributed by atoms with van der Waals surface area (Å²) < 4.78 is 5.27. The molecule has 0 saturated carbocycles. The Labute approximate surface area is 158 Å². The molecule has 0 aliphatic carbocycles. The fourth-order valence-electron chi connectivity index (χ4n) is 2.83. The summed E-state index contributed by atoms with van der Waals surface area (Å²) in [5.41, 5.74) is 1.93. The van der Waals surface area contributed by atoms with Gasteiger partial charge in [-0.3, -0.25) is 9.88 Å². The quantitative estimate of drug-likeness (QED) is 0.576. The fourth-order valence-corrected chi connectivity index (χ4v) is 2.96. The lowest BCUT2D eigenvalue weighted by atomic mass is 10.2. The third-order valence-electron chi connectivity index (χ3n) is 4.29. The molecule has 1 aromatic carbocycles. The summed E-state index contributed by atoms with van der Waals surface area (Å²) in [4.78, 5) is 20.5. The lowest BCUT2D eigenvalue weighted by molar-refractivity contribution is -0.138. The zero-order chi connectivity index (χ0) is 18.2. The van der Waals surface area contributed by atoms with Crippen LogP contribution in [-0.2, 0) is 9.53 Å². The van der Waals surface area contributed by atoms with Crippen LogP contribution >= 0.6 is 11.6 Å². The first-order valence-electron chi connectivity index (χ1n) is 8.69. The van der Waals surface area contributed by atoms with E-state index in [2.05, 4.69) is 14.8 Å². The van der Waals surface area contributed by atoms with Crippen molar-refractivity contribution in [1.82, 2.24) is 9.88 Å². The number of halogens is 1. The maximum absolute atomic E-state index is 11.7. The molecule has 0 spiro atoms. The Morgan fingerprint density at radius 3 is 2.58 bits per heavy atom. The van der Waals surface area contributed by atoms with E-state index in [1.165, 1.54) is 11.8 Å². The lowest BCUT2D eigenvalue weighted by Crippen LogP contribution is -2.47. The van der Waals surface area contributed by atoms with Crippen molar-refractivity contribution in [3.05, 3.63) is 65.5 Å². The molecule has 1 saturated heterocycles. The molecular weight excluding hydrogens is 350 g/mol. The molecule has 1 aliphatic rings. The van der Waals surface area contributed by atoms with Crippen LogP contribution in [0.15, 0.2) is 54.7 Å². The van der Waals surface area contributed by atoms with Gasteiger partial charge in [0.15, 0.2) is 0 Å². The minimum absolute atomic E-state index is 0.338. The molecule has 1 fully saturated rings. The van der Waals surface area contributed by atoms with Crippen molar-refractivity contribution in [2.24, 2.45) is 0 Å². The van der Waals surface area contributed by atoms with Crippen LogP contribution < -0.4 is 4.90 Å². The van der Waals surface area contributed by atoms with Gasteiger partial charge in [-0.2, -0.15) is 0 Å². The number of carbonyl (C=O) groups excluding carboxylic acids is 1. The smallest absolute Gasteiger partial charge is 0.330 e. The van der Waals surface area contributed by atoms with Crippen LogP contribution in [0.25, 0.3) is 6.08 Å². The van der Waals surface area contributed by atoms with Gasteiger partial charge in [0.05, 0.1) is 5.69 Å². The molecule has 2 aromatic rings. The third kappa shape index (κ3) is 5.58. The molecule has 0 bridgehead atoms. The SMILES string of the molecule is O=C(C=Cc1ccccn1)OCCN1CCN(c2ccc(Cl)cc2)CC1. The second-order valence-electron chi connectivity index (χ2n) is 6.06. The molecule has 3 rings (SSSR count). The number of ether oxygens (including phenoxy) is 1. The Bertz CT molecular complexity index is 726. The van der Waals surface area contributed by atoms with E-state index in [4.69, 9.17) is 16.3 Å². The predicted octanol–water partition coefficient (Wildman–Crippen LogP) is 3.11. The Morgan fingerprint density at radius 2 is 1.88 bits per heavy atom. The Hall–Kier alpha value is -2.37. The van der Waals surface area contributed by atoms with Gasteiger partial charge < -0.3 is 9.64 Å². The molecule has 26 heavy (non-hydrogen) atoms. The van der Waals surface area contributed by atoms with Crippen LogP contribution in [0.3, 0.4) is 0 Å². The molecule has 5 nitrogen and oxygen atoms in total. The van der Waals surface area contributed by atoms with Crippen molar-refractivity contribution in [3.63, 3.8) is 0 Å². The van der Waals surface area contributed by atoms with Crippen LogP contribution in [0.5, 0.6) is 0 Å². The van der Waals surface area contributed by atoms with Gasteiger partial charge in [0.2, 0.25) is 0 Å². The maximum atomic E-state index is 11.7. The van der Waals surface area contributed by atoms with Gasteiger partial charge >= 0.3 is 5.97 Å². The highest BCUT2D eigenvalue weighted by atomic mass is 35.5. The van der Waals surface area contributed by atoms with Crippen molar-refractivity contribution in [3.8, 4) is 0 Å². The number of pyridine rings is 1. The molecule has 0 unspecified atom stereocenters. The monoisotopic (exact) mass is 371 g/mol. The van der Waals surface area contributed by atoms with Crippen molar-refractivity contribution in [2.75, 3.05) is 44.2 Å². The maximum Gasteiger partial charge on any atom is 0.330 e. The molecule has 6 heteroatoms. The van der Waals surface area contributed by atoms with Crippen LogP contribution in [0, 0.1) is 0 Å². The first-order valence-corrected chi connectivity index (χ1v) is 9.07. The van der Waals surface area contributed by atoms with Crippen LogP contribution in [-0.4, -0.2) is 55.2 Å². The van der Waals surface area contributed by atoms with E-state index < -0.39 is 0 Å². The van der Waals surface area contributed by atoms with Crippen molar-refractivity contribution in [2.45, 2.75) is 0 Å².